The Morgan fingerprint density at radius 2 is 0.851 bits per heavy atom. The molecule has 0 aromatic heterocycles. The lowest BCUT2D eigenvalue weighted by molar-refractivity contribution is 1.23. The van der Waals surface area contributed by atoms with E-state index in [4.69, 9.17) is 0 Å². The molecule has 220 valence electrons. The van der Waals surface area contributed by atoms with E-state index in [2.05, 4.69) is 182 Å². The molecule has 0 fully saturated rings. The van der Waals surface area contributed by atoms with Crippen LogP contribution in [0.3, 0.4) is 0 Å². The summed E-state index contributed by atoms with van der Waals surface area (Å²) in [7, 11) is 0. The number of hydrogen-bond acceptors (Lipinski definition) is 0. The van der Waals surface area contributed by atoms with Crippen molar-refractivity contribution in [3.05, 3.63) is 193 Å². The van der Waals surface area contributed by atoms with E-state index in [0.29, 0.717) is 0 Å². The normalized spacial score (nSPS) is 11.5. The zero-order valence-corrected chi connectivity index (χ0v) is 26.0. The predicted octanol–water partition coefficient (Wildman–Crippen LogP) is 12.9. The first-order chi connectivity index (χ1) is 23.3. The Kier molecular flexibility index (Phi) is 6.65. The number of rotatable bonds is 5. The van der Waals surface area contributed by atoms with Gasteiger partial charge in [-0.3, -0.25) is 0 Å². The third-order valence-electron chi connectivity index (χ3n) is 9.73. The molecule has 0 saturated heterocycles. The van der Waals surface area contributed by atoms with Crippen molar-refractivity contribution in [2.24, 2.45) is 0 Å². The molecule has 0 aliphatic rings. The van der Waals surface area contributed by atoms with Crippen LogP contribution in [0.5, 0.6) is 0 Å². The summed E-state index contributed by atoms with van der Waals surface area (Å²) >= 11 is 0. The van der Waals surface area contributed by atoms with E-state index in [1.165, 1.54) is 87.6 Å². The van der Waals surface area contributed by atoms with Gasteiger partial charge < -0.3 is 0 Å². The molecule has 9 aromatic rings. The summed E-state index contributed by atoms with van der Waals surface area (Å²) in [5, 5.41) is 10.2. The third kappa shape index (κ3) is 4.78. The Labute approximate surface area is 275 Å². The van der Waals surface area contributed by atoms with Gasteiger partial charge in [-0.25, -0.2) is 0 Å². The Bertz CT molecular complexity index is 2530. The van der Waals surface area contributed by atoms with Crippen molar-refractivity contribution in [3.8, 4) is 33.4 Å². The molecule has 0 radical (unpaired) electrons. The molecule has 0 aliphatic carbocycles. The summed E-state index contributed by atoms with van der Waals surface area (Å²) in [6, 6.07) is 66.8. The van der Waals surface area contributed by atoms with Crippen LogP contribution >= 0.6 is 0 Å². The van der Waals surface area contributed by atoms with Crippen LogP contribution < -0.4 is 0 Å². The lowest BCUT2D eigenvalue weighted by Crippen LogP contribution is -1.97. The molecular formula is C47H32. The van der Waals surface area contributed by atoms with Gasteiger partial charge in [0.2, 0.25) is 0 Å². The highest BCUT2D eigenvalue weighted by Gasteiger charge is 2.19. The van der Waals surface area contributed by atoms with Crippen molar-refractivity contribution in [3.63, 3.8) is 0 Å². The molecule has 0 bridgehead atoms. The predicted molar refractivity (Wildman–Crippen MR) is 202 cm³/mol. The zero-order valence-electron chi connectivity index (χ0n) is 26.0. The lowest BCUT2D eigenvalue weighted by Gasteiger charge is -2.20. The number of hydrogen-bond donors (Lipinski definition) is 0. The fourth-order valence-corrected chi connectivity index (χ4v) is 7.52. The van der Waals surface area contributed by atoms with Crippen molar-refractivity contribution >= 4 is 43.1 Å². The second-order valence-corrected chi connectivity index (χ2v) is 12.5. The van der Waals surface area contributed by atoms with Crippen LogP contribution in [0.25, 0.3) is 76.5 Å². The first-order valence-corrected chi connectivity index (χ1v) is 16.4. The molecule has 9 rings (SSSR count). The average Bonchev–Trinajstić information content (AvgIpc) is 3.15. The smallest absolute Gasteiger partial charge is 0.000728 e. The Morgan fingerprint density at radius 3 is 1.60 bits per heavy atom. The Hall–Kier alpha value is -5.98. The van der Waals surface area contributed by atoms with Gasteiger partial charge in [0, 0.05) is 0 Å². The van der Waals surface area contributed by atoms with E-state index < -0.39 is 0 Å². The second-order valence-electron chi connectivity index (χ2n) is 12.5. The van der Waals surface area contributed by atoms with E-state index in [1.807, 2.05) is 0 Å². The lowest BCUT2D eigenvalue weighted by atomic mass is 9.83. The van der Waals surface area contributed by atoms with Gasteiger partial charge in [-0.2, -0.15) is 0 Å². The van der Waals surface area contributed by atoms with Gasteiger partial charge in [-0.15, -0.1) is 0 Å². The van der Waals surface area contributed by atoms with Crippen molar-refractivity contribution < 1.29 is 0 Å². The highest BCUT2D eigenvalue weighted by atomic mass is 14.2. The van der Waals surface area contributed by atoms with Gasteiger partial charge in [0.25, 0.3) is 0 Å². The van der Waals surface area contributed by atoms with Crippen molar-refractivity contribution in [1.29, 1.82) is 0 Å². The quantitative estimate of drug-likeness (QED) is 0.173. The fraction of sp³-hybridized carbons (Fsp3) is 0.0213. The molecule has 0 unspecified atom stereocenters. The molecule has 0 heterocycles. The van der Waals surface area contributed by atoms with Crippen molar-refractivity contribution in [1.82, 2.24) is 0 Å². The van der Waals surface area contributed by atoms with Gasteiger partial charge in [0.15, 0.2) is 0 Å². The molecular weight excluding hydrogens is 565 g/mol. The molecule has 47 heavy (non-hydrogen) atoms. The second kappa shape index (κ2) is 11.4. The minimum Gasteiger partial charge on any atom is -0.0622 e. The van der Waals surface area contributed by atoms with Crippen LogP contribution in [0.15, 0.2) is 182 Å². The summed E-state index contributed by atoms with van der Waals surface area (Å²) < 4.78 is 0. The monoisotopic (exact) mass is 596 g/mol. The van der Waals surface area contributed by atoms with E-state index in [1.54, 1.807) is 0 Å². The van der Waals surface area contributed by atoms with Crippen LogP contribution in [0.1, 0.15) is 11.1 Å². The van der Waals surface area contributed by atoms with Gasteiger partial charge in [0.1, 0.15) is 0 Å². The highest BCUT2D eigenvalue weighted by Crippen LogP contribution is 2.44. The summed E-state index contributed by atoms with van der Waals surface area (Å²) in [5.74, 6) is 0. The summed E-state index contributed by atoms with van der Waals surface area (Å²) in [6.07, 6.45) is 0.851. The molecule has 0 heteroatoms. The summed E-state index contributed by atoms with van der Waals surface area (Å²) in [5.41, 5.74) is 10.3. The maximum absolute atomic E-state index is 2.42. The largest absolute Gasteiger partial charge is 0.0622 e. The molecule has 0 N–H and O–H groups in total. The molecule has 0 nitrogen and oxygen atoms in total. The number of fused-ring (bicyclic) bond motifs is 4. The Balaban J connectivity index is 1.31. The van der Waals surface area contributed by atoms with Crippen molar-refractivity contribution in [2.75, 3.05) is 0 Å². The van der Waals surface area contributed by atoms with Crippen molar-refractivity contribution in [2.45, 2.75) is 6.42 Å². The van der Waals surface area contributed by atoms with Gasteiger partial charge in [0.05, 0.1) is 0 Å². The van der Waals surface area contributed by atoms with Crippen LogP contribution in [0, 0.1) is 0 Å². The van der Waals surface area contributed by atoms with Crippen LogP contribution in [-0.4, -0.2) is 0 Å². The Morgan fingerprint density at radius 1 is 0.298 bits per heavy atom. The molecule has 0 spiro atoms. The number of benzene rings is 9. The molecule has 0 atom stereocenters. The van der Waals surface area contributed by atoms with Crippen LogP contribution in [0.2, 0.25) is 0 Å². The maximum Gasteiger partial charge on any atom is -0.000728 e. The SMILES string of the molecule is c1ccc(-c2ccccc2Cc2c3ccccc3c(-c3cc(-c4ccc5ccccc5c4)cc4ccccc34)c3ccccc23)cc1. The minimum atomic E-state index is 0.851. The van der Waals surface area contributed by atoms with E-state index in [0.717, 1.165) is 6.42 Å². The maximum atomic E-state index is 2.42. The summed E-state index contributed by atoms with van der Waals surface area (Å²) in [4.78, 5) is 0. The molecule has 0 amide bonds. The first kappa shape index (κ1) is 27.3. The molecule has 9 aromatic carbocycles. The molecule has 0 saturated carbocycles. The minimum absolute atomic E-state index is 0.851. The van der Waals surface area contributed by atoms with Gasteiger partial charge in [-0.1, -0.05) is 164 Å². The van der Waals surface area contributed by atoms with E-state index in [-0.39, 0.29) is 0 Å². The first-order valence-electron chi connectivity index (χ1n) is 16.4. The summed E-state index contributed by atoms with van der Waals surface area (Å²) in [6.45, 7) is 0. The highest BCUT2D eigenvalue weighted by molar-refractivity contribution is 6.19. The van der Waals surface area contributed by atoms with Crippen LogP contribution in [-0.2, 0) is 6.42 Å². The fourth-order valence-electron chi connectivity index (χ4n) is 7.52. The van der Waals surface area contributed by atoms with Gasteiger partial charge >= 0.3 is 0 Å². The zero-order chi connectivity index (χ0) is 31.2. The average molecular weight is 597 g/mol. The van der Waals surface area contributed by atoms with E-state index in [9.17, 15) is 0 Å². The third-order valence-corrected chi connectivity index (χ3v) is 9.73. The van der Waals surface area contributed by atoms with Crippen LogP contribution in [0.4, 0.5) is 0 Å². The standard InChI is InChI=1S/C47H32/c1-2-15-33(16-3-1)39-20-8-6-19-37(39)30-45-41-22-10-12-24-43(41)47(44-25-13-11-23-42(44)45)46-31-38(29-36-18-7-9-21-40(36)46)35-27-26-32-14-4-5-17-34(32)28-35/h1-29,31H,30H2. The van der Waals surface area contributed by atoms with Gasteiger partial charge in [-0.05, 0) is 112 Å². The molecule has 0 aliphatic heterocycles. The van der Waals surface area contributed by atoms with E-state index >= 15 is 0 Å². The topological polar surface area (TPSA) is 0 Å².